The Morgan fingerprint density at radius 2 is 2.10 bits per heavy atom. The average molecular weight is 435 g/mol. The lowest BCUT2D eigenvalue weighted by atomic mass is 10.0. The fourth-order valence-corrected chi connectivity index (χ4v) is 3.78. The summed E-state index contributed by atoms with van der Waals surface area (Å²) in [4.78, 5) is 29.1. The van der Waals surface area contributed by atoms with Gasteiger partial charge >= 0.3 is 0 Å². The highest BCUT2D eigenvalue weighted by Gasteiger charge is 2.43. The number of allylic oxidation sites excluding steroid dienone is 1. The van der Waals surface area contributed by atoms with Crippen molar-refractivity contribution in [3.63, 3.8) is 0 Å². The molecule has 1 aromatic heterocycles. The van der Waals surface area contributed by atoms with Crippen LogP contribution in [0.3, 0.4) is 0 Å². The largest absolute Gasteiger partial charge is 0.327 e. The highest BCUT2D eigenvalue weighted by Crippen LogP contribution is 2.23. The number of rotatable bonds is 8. The summed E-state index contributed by atoms with van der Waals surface area (Å²) in [6.07, 6.45) is 3.86. The summed E-state index contributed by atoms with van der Waals surface area (Å²) in [5.41, 5.74) is 9.64. The minimum Gasteiger partial charge on any atom is -0.327 e. The van der Waals surface area contributed by atoms with Crippen LogP contribution in [0.1, 0.15) is 25.8 Å². The zero-order chi connectivity index (χ0) is 22.7. The molecule has 0 aliphatic carbocycles. The van der Waals surface area contributed by atoms with Gasteiger partial charge in [0.25, 0.3) is 11.5 Å². The lowest BCUT2D eigenvalue weighted by Gasteiger charge is -2.25. The van der Waals surface area contributed by atoms with Crippen LogP contribution in [-0.4, -0.2) is 46.6 Å². The number of nitrogens with one attached hydrogen (secondary N) is 1. The number of sulfone groups is 1. The number of hydrogen-bond donors (Lipinski definition) is 3. The van der Waals surface area contributed by atoms with Gasteiger partial charge in [-0.3, -0.25) is 19.4 Å². The number of fused-ring (bicyclic) bond motifs is 1. The molecule has 10 heteroatoms. The Morgan fingerprint density at radius 3 is 2.67 bits per heavy atom. The number of carbonyl (C=O) groups excluding carboxylic acids is 1. The van der Waals surface area contributed by atoms with Gasteiger partial charge in [-0.15, -0.1) is 0 Å². The van der Waals surface area contributed by atoms with Gasteiger partial charge < -0.3 is 5.73 Å². The summed E-state index contributed by atoms with van der Waals surface area (Å²) < 4.78 is 23.5. The molecule has 0 saturated carbocycles. The van der Waals surface area contributed by atoms with Gasteiger partial charge in [-0.1, -0.05) is 18.7 Å². The molecular weight excluding hydrogens is 408 g/mol. The number of nitrogens with zero attached hydrogens (tertiary/aromatic N) is 2. The van der Waals surface area contributed by atoms with E-state index in [-0.39, 0.29) is 18.5 Å². The van der Waals surface area contributed by atoms with E-state index in [1.54, 1.807) is 18.2 Å². The third-order valence-corrected chi connectivity index (χ3v) is 7.22. The summed E-state index contributed by atoms with van der Waals surface area (Å²) in [5.74, 6) is -1.06. The predicted molar refractivity (Wildman–Crippen MR) is 116 cm³/mol. The third-order valence-electron chi connectivity index (χ3n) is 5.19. The van der Waals surface area contributed by atoms with E-state index in [0.29, 0.717) is 17.4 Å². The standard InChI is InChI=1S/C20H26N4O5S/c1-13(11-21)9-14(2)15-5-6-16-17(10-15)22-12-24(18(16)25)8-7-20(3,19(26)23-27)30(4,28)29/h5-6,9-10,12,27H,1,7-8,11,21H2,2-4H3,(H,23,26)/b14-9+/t20-/m1/s1. The maximum atomic E-state index is 12.8. The zero-order valence-electron chi connectivity index (χ0n) is 17.2. The van der Waals surface area contributed by atoms with Crippen molar-refractivity contribution >= 4 is 32.2 Å². The van der Waals surface area contributed by atoms with Crippen LogP contribution in [0.4, 0.5) is 0 Å². The van der Waals surface area contributed by atoms with Gasteiger partial charge in [0.05, 0.1) is 17.2 Å². The first-order valence-corrected chi connectivity index (χ1v) is 11.0. The first kappa shape index (κ1) is 23.5. The van der Waals surface area contributed by atoms with E-state index >= 15 is 0 Å². The van der Waals surface area contributed by atoms with Gasteiger partial charge in [0.1, 0.15) is 0 Å². The van der Waals surface area contributed by atoms with Crippen molar-refractivity contribution in [2.75, 3.05) is 12.8 Å². The minimum absolute atomic E-state index is 0.0736. The van der Waals surface area contributed by atoms with Crippen molar-refractivity contribution in [1.29, 1.82) is 0 Å². The van der Waals surface area contributed by atoms with E-state index in [1.165, 1.54) is 23.3 Å². The molecule has 4 N–H and O–H groups in total. The molecular formula is C20H26N4O5S. The molecule has 2 aromatic rings. The normalized spacial score (nSPS) is 14.4. The topological polar surface area (TPSA) is 144 Å². The summed E-state index contributed by atoms with van der Waals surface area (Å²) in [5, 5.41) is 9.27. The van der Waals surface area contributed by atoms with E-state index in [4.69, 9.17) is 10.9 Å². The molecule has 2 rings (SSSR count). The van der Waals surface area contributed by atoms with E-state index < -0.39 is 20.5 Å². The summed E-state index contributed by atoms with van der Waals surface area (Å²) >= 11 is 0. The summed E-state index contributed by atoms with van der Waals surface area (Å²) in [6, 6.07) is 5.21. The van der Waals surface area contributed by atoms with Crippen molar-refractivity contribution in [3.05, 3.63) is 58.7 Å². The Morgan fingerprint density at radius 1 is 1.43 bits per heavy atom. The molecule has 0 unspecified atom stereocenters. The van der Waals surface area contributed by atoms with Crippen LogP contribution in [0.2, 0.25) is 0 Å². The van der Waals surface area contributed by atoms with Gasteiger partial charge in [-0.05, 0) is 49.1 Å². The number of amides is 1. The second-order valence-electron chi connectivity index (χ2n) is 7.36. The number of hydrogen-bond acceptors (Lipinski definition) is 7. The van der Waals surface area contributed by atoms with E-state index in [9.17, 15) is 18.0 Å². The maximum Gasteiger partial charge on any atom is 0.264 e. The first-order chi connectivity index (χ1) is 13.9. The second kappa shape index (κ2) is 8.90. The maximum absolute atomic E-state index is 12.8. The molecule has 0 aliphatic rings. The van der Waals surface area contributed by atoms with Crippen LogP contribution >= 0.6 is 0 Å². The predicted octanol–water partition coefficient (Wildman–Crippen LogP) is 1.01. The minimum atomic E-state index is -3.86. The van der Waals surface area contributed by atoms with Crippen molar-refractivity contribution in [2.24, 2.45) is 5.73 Å². The van der Waals surface area contributed by atoms with Crippen molar-refractivity contribution < 1.29 is 18.4 Å². The molecule has 0 bridgehead atoms. The zero-order valence-corrected chi connectivity index (χ0v) is 18.0. The van der Waals surface area contributed by atoms with Crippen molar-refractivity contribution in [1.82, 2.24) is 15.0 Å². The molecule has 0 spiro atoms. The van der Waals surface area contributed by atoms with Crippen LogP contribution in [0, 0.1) is 0 Å². The van der Waals surface area contributed by atoms with Crippen molar-refractivity contribution in [3.8, 4) is 0 Å². The molecule has 162 valence electrons. The highest BCUT2D eigenvalue weighted by atomic mass is 32.2. The smallest absolute Gasteiger partial charge is 0.264 e. The van der Waals surface area contributed by atoms with Crippen molar-refractivity contribution in [2.45, 2.75) is 31.6 Å². The van der Waals surface area contributed by atoms with E-state index in [2.05, 4.69) is 11.6 Å². The molecule has 0 saturated heterocycles. The molecule has 1 atom stereocenters. The van der Waals surface area contributed by atoms with Gasteiger partial charge in [-0.2, -0.15) is 0 Å². The number of benzene rings is 1. The summed E-state index contributed by atoms with van der Waals surface area (Å²) in [7, 11) is -3.86. The van der Waals surface area contributed by atoms with Gasteiger partial charge in [0.15, 0.2) is 14.6 Å². The number of aromatic nitrogens is 2. The van der Waals surface area contributed by atoms with Gasteiger partial charge in [0.2, 0.25) is 0 Å². The van der Waals surface area contributed by atoms with Crippen LogP contribution in [0.5, 0.6) is 0 Å². The molecule has 9 nitrogen and oxygen atoms in total. The fraction of sp³-hybridized carbons (Fsp3) is 0.350. The third kappa shape index (κ3) is 4.66. The molecule has 30 heavy (non-hydrogen) atoms. The van der Waals surface area contributed by atoms with Gasteiger partial charge in [-0.25, -0.2) is 18.9 Å². The Hall–Kier alpha value is -2.82. The first-order valence-electron chi connectivity index (χ1n) is 9.14. The van der Waals surface area contributed by atoms with Crippen LogP contribution < -0.4 is 16.8 Å². The van der Waals surface area contributed by atoms with Crippen LogP contribution in [0.25, 0.3) is 16.5 Å². The Labute approximate surface area is 174 Å². The van der Waals surface area contributed by atoms with E-state index in [1.807, 2.05) is 13.0 Å². The van der Waals surface area contributed by atoms with E-state index in [0.717, 1.165) is 23.0 Å². The number of aryl methyl sites for hydroxylation is 1. The molecule has 0 aliphatic heterocycles. The lowest BCUT2D eigenvalue weighted by molar-refractivity contribution is -0.131. The Kier molecular flexibility index (Phi) is 6.96. The molecule has 0 radical (unpaired) electrons. The fourth-order valence-electron chi connectivity index (χ4n) is 2.93. The number of nitrogens with two attached hydrogens (primary N) is 1. The second-order valence-corrected chi connectivity index (χ2v) is 9.80. The van der Waals surface area contributed by atoms with Gasteiger partial charge in [0, 0.05) is 19.3 Å². The quantitative estimate of drug-likeness (QED) is 0.319. The Bertz CT molecular complexity index is 1180. The average Bonchev–Trinajstić information content (AvgIpc) is 2.71. The molecule has 1 heterocycles. The van der Waals surface area contributed by atoms with Crippen LogP contribution in [0.15, 0.2) is 47.5 Å². The highest BCUT2D eigenvalue weighted by molar-refractivity contribution is 7.92. The number of hydroxylamine groups is 1. The monoisotopic (exact) mass is 434 g/mol. The van der Waals surface area contributed by atoms with Crippen LogP contribution in [-0.2, 0) is 21.2 Å². The lowest BCUT2D eigenvalue weighted by Crippen LogP contribution is -2.50. The molecule has 1 amide bonds. The summed E-state index contributed by atoms with van der Waals surface area (Å²) in [6.45, 7) is 7.22. The molecule has 1 aromatic carbocycles. The Balaban J connectivity index is 2.39. The SMILES string of the molecule is C=C(/C=C(\C)c1ccc2c(=O)n(CC[C@](C)(C(=O)NO)S(C)(=O)=O)cnc2c1)CN. The number of carbonyl (C=O) groups is 1. The molecule has 0 fully saturated rings.